The maximum Gasteiger partial charge on any atom is 0.416 e. The van der Waals surface area contributed by atoms with Crippen molar-refractivity contribution in [2.75, 3.05) is 6.54 Å². The van der Waals surface area contributed by atoms with Crippen molar-refractivity contribution < 1.29 is 27.9 Å². The lowest BCUT2D eigenvalue weighted by molar-refractivity contribution is -0.143. The molecule has 1 aromatic rings. The number of nitrogens with zero attached hydrogens (tertiary/aromatic N) is 1. The van der Waals surface area contributed by atoms with E-state index in [4.69, 9.17) is 5.11 Å². The van der Waals surface area contributed by atoms with E-state index in [0.29, 0.717) is 25.8 Å². The summed E-state index contributed by atoms with van der Waals surface area (Å²) in [5.74, 6) is -1.63. The van der Waals surface area contributed by atoms with Gasteiger partial charge in [0.2, 0.25) is 0 Å². The summed E-state index contributed by atoms with van der Waals surface area (Å²) in [5, 5.41) is 9.11. The van der Waals surface area contributed by atoms with Crippen LogP contribution in [0.5, 0.6) is 0 Å². The first-order valence-corrected chi connectivity index (χ1v) is 6.52. The van der Waals surface area contributed by atoms with Crippen molar-refractivity contribution in [2.24, 2.45) is 0 Å². The Labute approximate surface area is 119 Å². The van der Waals surface area contributed by atoms with E-state index >= 15 is 0 Å². The summed E-state index contributed by atoms with van der Waals surface area (Å²) in [7, 11) is 0. The van der Waals surface area contributed by atoms with Crippen LogP contribution in [0, 0.1) is 0 Å². The molecule has 4 nitrogen and oxygen atoms in total. The molecule has 1 aliphatic heterocycles. The molecule has 21 heavy (non-hydrogen) atoms. The van der Waals surface area contributed by atoms with Crippen molar-refractivity contribution in [3.8, 4) is 0 Å². The number of piperidine rings is 1. The Hall–Kier alpha value is -2.05. The van der Waals surface area contributed by atoms with Crippen molar-refractivity contribution in [1.82, 2.24) is 4.90 Å². The van der Waals surface area contributed by atoms with Crippen LogP contribution in [0.1, 0.15) is 35.2 Å². The lowest BCUT2D eigenvalue weighted by Crippen LogP contribution is -2.47. The first-order chi connectivity index (χ1) is 9.80. The van der Waals surface area contributed by atoms with Gasteiger partial charge in [-0.05, 0) is 43.5 Å². The predicted octanol–water partition coefficient (Wildman–Crippen LogP) is 2.78. The minimum Gasteiger partial charge on any atom is -0.480 e. The van der Waals surface area contributed by atoms with Gasteiger partial charge in [0.25, 0.3) is 5.91 Å². The second-order valence-corrected chi connectivity index (χ2v) is 4.92. The smallest absolute Gasteiger partial charge is 0.416 e. The zero-order chi connectivity index (χ0) is 15.6. The van der Waals surface area contributed by atoms with E-state index < -0.39 is 29.7 Å². The SMILES string of the molecule is O=C(O)C1CCCCN1C(=O)c1ccc(C(F)(F)F)cc1. The van der Waals surface area contributed by atoms with E-state index in [1.165, 1.54) is 4.90 Å². The van der Waals surface area contributed by atoms with Crippen molar-refractivity contribution in [3.05, 3.63) is 35.4 Å². The summed E-state index contributed by atoms with van der Waals surface area (Å²) in [6.07, 6.45) is -2.69. The quantitative estimate of drug-likeness (QED) is 0.914. The molecule has 1 fully saturated rings. The fraction of sp³-hybridized carbons (Fsp3) is 0.429. The van der Waals surface area contributed by atoms with E-state index in [1.807, 2.05) is 0 Å². The van der Waals surface area contributed by atoms with Crippen molar-refractivity contribution in [2.45, 2.75) is 31.5 Å². The standard InChI is InChI=1S/C14H14F3NO3/c15-14(16,17)10-6-4-9(5-7-10)12(19)18-8-2-1-3-11(18)13(20)21/h4-7,11H,1-3,8H2,(H,20,21). The highest BCUT2D eigenvalue weighted by atomic mass is 19.4. The summed E-state index contributed by atoms with van der Waals surface area (Å²) in [6.45, 7) is 0.302. The van der Waals surface area contributed by atoms with Crippen LogP contribution in [-0.2, 0) is 11.0 Å². The summed E-state index contributed by atoms with van der Waals surface area (Å²) < 4.78 is 37.4. The third kappa shape index (κ3) is 3.34. The van der Waals surface area contributed by atoms with Gasteiger partial charge in [0, 0.05) is 12.1 Å². The third-order valence-corrected chi connectivity index (χ3v) is 3.51. The van der Waals surface area contributed by atoms with E-state index in [9.17, 15) is 22.8 Å². The van der Waals surface area contributed by atoms with Gasteiger partial charge in [0.15, 0.2) is 0 Å². The summed E-state index contributed by atoms with van der Waals surface area (Å²) in [6, 6.07) is 2.91. The van der Waals surface area contributed by atoms with E-state index in [1.54, 1.807) is 0 Å². The molecule has 1 aliphatic rings. The van der Waals surface area contributed by atoms with Crippen LogP contribution in [0.2, 0.25) is 0 Å². The Bertz CT molecular complexity index is 539. The van der Waals surface area contributed by atoms with Gasteiger partial charge in [-0.15, -0.1) is 0 Å². The second kappa shape index (κ2) is 5.75. The van der Waals surface area contributed by atoms with Crippen molar-refractivity contribution in [1.29, 1.82) is 0 Å². The number of carbonyl (C=O) groups excluding carboxylic acids is 1. The molecule has 1 unspecified atom stereocenters. The Morgan fingerprint density at radius 3 is 2.29 bits per heavy atom. The molecule has 2 rings (SSSR count). The Kier molecular flexibility index (Phi) is 4.20. The molecule has 0 saturated carbocycles. The molecule has 1 amide bonds. The number of likely N-dealkylation sites (tertiary alicyclic amines) is 1. The molecule has 1 heterocycles. The number of hydrogen-bond acceptors (Lipinski definition) is 2. The van der Waals surface area contributed by atoms with E-state index in [-0.39, 0.29) is 5.56 Å². The number of alkyl halides is 3. The van der Waals surface area contributed by atoms with E-state index in [2.05, 4.69) is 0 Å². The van der Waals surface area contributed by atoms with Crippen LogP contribution in [0.3, 0.4) is 0 Å². The average Bonchev–Trinajstić information content (AvgIpc) is 2.45. The summed E-state index contributed by atoms with van der Waals surface area (Å²) in [5.41, 5.74) is -0.774. The monoisotopic (exact) mass is 301 g/mol. The van der Waals surface area contributed by atoms with Gasteiger partial charge in [-0.2, -0.15) is 13.2 Å². The van der Waals surface area contributed by atoms with Gasteiger partial charge in [0.05, 0.1) is 5.56 Å². The van der Waals surface area contributed by atoms with Crippen LogP contribution >= 0.6 is 0 Å². The number of rotatable bonds is 2. The van der Waals surface area contributed by atoms with Gasteiger partial charge in [-0.1, -0.05) is 0 Å². The highest BCUT2D eigenvalue weighted by Crippen LogP contribution is 2.29. The van der Waals surface area contributed by atoms with Crippen LogP contribution in [0.4, 0.5) is 13.2 Å². The van der Waals surface area contributed by atoms with Gasteiger partial charge in [-0.25, -0.2) is 4.79 Å². The number of carbonyl (C=O) groups is 2. The highest BCUT2D eigenvalue weighted by Gasteiger charge is 2.33. The van der Waals surface area contributed by atoms with Crippen molar-refractivity contribution >= 4 is 11.9 Å². The maximum absolute atomic E-state index is 12.5. The zero-order valence-electron chi connectivity index (χ0n) is 11.1. The number of carboxylic acids is 1. The fourth-order valence-electron chi connectivity index (χ4n) is 2.40. The molecule has 0 bridgehead atoms. The molecule has 1 saturated heterocycles. The van der Waals surface area contributed by atoms with E-state index in [0.717, 1.165) is 24.3 Å². The minimum absolute atomic E-state index is 0.0659. The molecule has 114 valence electrons. The summed E-state index contributed by atoms with van der Waals surface area (Å²) >= 11 is 0. The second-order valence-electron chi connectivity index (χ2n) is 4.92. The molecule has 1 N–H and O–H groups in total. The number of carboxylic acid groups (broad SMARTS) is 1. The lowest BCUT2D eigenvalue weighted by Gasteiger charge is -2.33. The van der Waals surface area contributed by atoms with Gasteiger partial charge >= 0.3 is 12.1 Å². The first kappa shape index (κ1) is 15.3. The van der Waals surface area contributed by atoms with Gasteiger partial charge < -0.3 is 10.0 Å². The topological polar surface area (TPSA) is 57.6 Å². The number of benzene rings is 1. The molecule has 1 aromatic carbocycles. The molecule has 0 aromatic heterocycles. The molecule has 1 atom stereocenters. The largest absolute Gasteiger partial charge is 0.480 e. The van der Waals surface area contributed by atoms with Crippen molar-refractivity contribution in [3.63, 3.8) is 0 Å². The minimum atomic E-state index is -4.46. The highest BCUT2D eigenvalue weighted by molar-refractivity contribution is 5.96. The van der Waals surface area contributed by atoms with Crippen LogP contribution < -0.4 is 0 Å². The molecule has 0 aliphatic carbocycles. The van der Waals surface area contributed by atoms with Crippen LogP contribution in [0.15, 0.2) is 24.3 Å². The molecular weight excluding hydrogens is 287 g/mol. The predicted molar refractivity (Wildman–Crippen MR) is 67.8 cm³/mol. The first-order valence-electron chi connectivity index (χ1n) is 6.52. The molecule has 0 radical (unpaired) electrons. The number of amides is 1. The average molecular weight is 301 g/mol. The zero-order valence-corrected chi connectivity index (χ0v) is 11.1. The fourth-order valence-corrected chi connectivity index (χ4v) is 2.40. The maximum atomic E-state index is 12.5. The Balaban J connectivity index is 2.20. The molecular formula is C14H14F3NO3. The lowest BCUT2D eigenvalue weighted by atomic mass is 10.0. The number of halogens is 3. The Morgan fingerprint density at radius 1 is 1.14 bits per heavy atom. The molecule has 0 spiro atoms. The number of aliphatic carboxylic acids is 1. The van der Waals surface area contributed by atoms with Crippen LogP contribution in [-0.4, -0.2) is 34.5 Å². The third-order valence-electron chi connectivity index (χ3n) is 3.51. The Morgan fingerprint density at radius 2 is 1.76 bits per heavy atom. The van der Waals surface area contributed by atoms with Crippen LogP contribution in [0.25, 0.3) is 0 Å². The number of hydrogen-bond donors (Lipinski definition) is 1. The van der Waals surface area contributed by atoms with Gasteiger partial charge in [0.1, 0.15) is 6.04 Å². The summed E-state index contributed by atoms with van der Waals surface area (Å²) in [4.78, 5) is 24.6. The molecule has 7 heteroatoms. The normalized spacial score (nSPS) is 19.4. The van der Waals surface area contributed by atoms with Gasteiger partial charge in [-0.3, -0.25) is 4.79 Å².